The van der Waals surface area contributed by atoms with E-state index in [2.05, 4.69) is 10.4 Å². The number of aromatic nitrogens is 2. The topological polar surface area (TPSA) is 84.2 Å². The molecule has 0 bridgehead atoms. The van der Waals surface area contributed by atoms with E-state index in [4.69, 9.17) is 5.11 Å². The largest absolute Gasteiger partial charge is 0.481 e. The number of aryl methyl sites for hydroxylation is 2. The van der Waals surface area contributed by atoms with E-state index >= 15 is 0 Å². The number of carbonyl (C=O) groups is 2. The van der Waals surface area contributed by atoms with E-state index in [9.17, 15) is 9.59 Å². The van der Waals surface area contributed by atoms with Crippen LogP contribution in [-0.2, 0) is 23.1 Å². The summed E-state index contributed by atoms with van der Waals surface area (Å²) in [5, 5.41) is 15.9. The Balaban J connectivity index is 1.72. The van der Waals surface area contributed by atoms with Crippen molar-refractivity contribution in [2.24, 2.45) is 13.0 Å². The fourth-order valence-corrected chi connectivity index (χ4v) is 2.50. The van der Waals surface area contributed by atoms with Crippen molar-refractivity contribution in [3.8, 4) is 0 Å². The van der Waals surface area contributed by atoms with Crippen LogP contribution in [0.1, 0.15) is 31.2 Å². The minimum atomic E-state index is -0.757. The molecule has 0 aliphatic heterocycles. The smallest absolute Gasteiger partial charge is 0.306 e. The number of nitrogens with zero attached hydrogens (tertiary/aromatic N) is 2. The van der Waals surface area contributed by atoms with Crippen LogP contribution in [0.3, 0.4) is 0 Å². The first-order chi connectivity index (χ1) is 9.04. The fraction of sp³-hybridized carbons (Fsp3) is 0.615. The molecule has 0 saturated heterocycles. The second-order valence-electron chi connectivity index (χ2n) is 5.13. The Kier molecular flexibility index (Phi) is 4.19. The van der Waals surface area contributed by atoms with Gasteiger partial charge in [0.15, 0.2) is 0 Å². The lowest BCUT2D eigenvalue weighted by Gasteiger charge is -2.12. The summed E-state index contributed by atoms with van der Waals surface area (Å²) in [6.07, 6.45) is 6.69. The normalized spacial score (nSPS) is 22.4. The molecule has 1 aromatic rings. The molecule has 1 fully saturated rings. The molecule has 19 heavy (non-hydrogen) atoms. The van der Waals surface area contributed by atoms with Crippen molar-refractivity contribution in [1.29, 1.82) is 0 Å². The fourth-order valence-electron chi connectivity index (χ4n) is 2.50. The minimum absolute atomic E-state index is 0.0140. The molecule has 0 spiro atoms. The van der Waals surface area contributed by atoms with Crippen LogP contribution in [0.25, 0.3) is 0 Å². The molecule has 1 amide bonds. The van der Waals surface area contributed by atoms with Gasteiger partial charge in [-0.15, -0.1) is 0 Å². The zero-order chi connectivity index (χ0) is 13.8. The van der Waals surface area contributed by atoms with Crippen LogP contribution in [0.15, 0.2) is 12.4 Å². The maximum atomic E-state index is 11.8. The van der Waals surface area contributed by atoms with Gasteiger partial charge in [-0.1, -0.05) is 0 Å². The van der Waals surface area contributed by atoms with Crippen LogP contribution in [0, 0.1) is 5.92 Å². The Hall–Kier alpha value is -1.85. The quantitative estimate of drug-likeness (QED) is 0.821. The Morgan fingerprint density at radius 3 is 2.89 bits per heavy atom. The monoisotopic (exact) mass is 265 g/mol. The number of hydrogen-bond acceptors (Lipinski definition) is 3. The average molecular weight is 265 g/mol. The van der Waals surface area contributed by atoms with Gasteiger partial charge in [-0.3, -0.25) is 14.3 Å². The van der Waals surface area contributed by atoms with E-state index in [-0.39, 0.29) is 17.9 Å². The summed E-state index contributed by atoms with van der Waals surface area (Å²) >= 11 is 0. The predicted molar refractivity (Wildman–Crippen MR) is 68.4 cm³/mol. The van der Waals surface area contributed by atoms with Gasteiger partial charge >= 0.3 is 5.97 Å². The number of carboxylic acids is 1. The number of hydrogen-bond donors (Lipinski definition) is 2. The minimum Gasteiger partial charge on any atom is -0.481 e. The first-order valence-corrected chi connectivity index (χ1v) is 6.54. The Morgan fingerprint density at radius 1 is 1.53 bits per heavy atom. The van der Waals surface area contributed by atoms with Crippen molar-refractivity contribution in [3.05, 3.63) is 18.0 Å². The van der Waals surface area contributed by atoms with Crippen molar-refractivity contribution in [2.45, 2.75) is 38.1 Å². The molecule has 0 radical (unpaired) electrons. The van der Waals surface area contributed by atoms with Gasteiger partial charge in [0, 0.05) is 25.7 Å². The Bertz CT molecular complexity index is 469. The third-order valence-corrected chi connectivity index (χ3v) is 3.55. The summed E-state index contributed by atoms with van der Waals surface area (Å²) in [7, 11) is 1.84. The summed E-state index contributed by atoms with van der Waals surface area (Å²) in [6.45, 7) is 0. The van der Waals surface area contributed by atoms with Crippen molar-refractivity contribution in [3.63, 3.8) is 0 Å². The first kappa shape index (κ1) is 13.6. The molecule has 2 rings (SSSR count). The zero-order valence-corrected chi connectivity index (χ0v) is 11.0. The number of amides is 1. The molecule has 2 atom stereocenters. The lowest BCUT2D eigenvalue weighted by Crippen LogP contribution is -2.33. The molecule has 6 heteroatoms. The number of carbonyl (C=O) groups excluding carboxylic acids is 1. The summed E-state index contributed by atoms with van der Waals surface area (Å²) in [6, 6.07) is 0.0162. The number of aliphatic carboxylic acids is 1. The third-order valence-electron chi connectivity index (χ3n) is 3.55. The van der Waals surface area contributed by atoms with Crippen LogP contribution < -0.4 is 5.32 Å². The van der Waals surface area contributed by atoms with E-state index in [0.29, 0.717) is 25.7 Å². The first-order valence-electron chi connectivity index (χ1n) is 6.54. The highest BCUT2D eigenvalue weighted by molar-refractivity contribution is 5.77. The van der Waals surface area contributed by atoms with Crippen LogP contribution >= 0.6 is 0 Å². The van der Waals surface area contributed by atoms with Gasteiger partial charge in [0.05, 0.1) is 12.1 Å². The second kappa shape index (κ2) is 5.86. The van der Waals surface area contributed by atoms with Gasteiger partial charge in [-0.25, -0.2) is 0 Å². The summed E-state index contributed by atoms with van der Waals surface area (Å²) in [5.74, 6) is -1.07. The average Bonchev–Trinajstić information content (AvgIpc) is 2.96. The maximum absolute atomic E-state index is 11.8. The molecule has 1 heterocycles. The molecule has 1 saturated carbocycles. The molecule has 1 aromatic heterocycles. The van der Waals surface area contributed by atoms with Crippen LogP contribution in [0.4, 0.5) is 0 Å². The van der Waals surface area contributed by atoms with E-state index in [1.54, 1.807) is 10.9 Å². The number of rotatable bonds is 5. The van der Waals surface area contributed by atoms with Crippen LogP contribution in [-0.4, -0.2) is 32.8 Å². The second-order valence-corrected chi connectivity index (χ2v) is 5.13. The van der Waals surface area contributed by atoms with E-state index in [1.165, 1.54) is 0 Å². The SMILES string of the molecule is Cn1cc(CCC(=O)N[C@@H]2CC[C@H](C(=O)O)C2)cn1. The highest BCUT2D eigenvalue weighted by Gasteiger charge is 2.30. The highest BCUT2D eigenvalue weighted by atomic mass is 16.4. The summed E-state index contributed by atoms with van der Waals surface area (Å²) in [5.41, 5.74) is 1.03. The van der Waals surface area contributed by atoms with Gasteiger partial charge in [0.25, 0.3) is 0 Å². The Morgan fingerprint density at radius 2 is 2.32 bits per heavy atom. The van der Waals surface area contributed by atoms with Crippen molar-refractivity contribution >= 4 is 11.9 Å². The number of carboxylic acid groups (broad SMARTS) is 1. The molecule has 0 unspecified atom stereocenters. The molecule has 0 aromatic carbocycles. The standard InChI is InChI=1S/C13H19N3O3/c1-16-8-9(7-14-16)2-5-12(17)15-11-4-3-10(6-11)13(18)19/h7-8,10-11H,2-6H2,1H3,(H,15,17)(H,18,19)/t10-,11+/m0/s1. The van der Waals surface area contributed by atoms with Gasteiger partial charge in [-0.2, -0.15) is 5.10 Å². The van der Waals surface area contributed by atoms with Crippen molar-refractivity contribution in [1.82, 2.24) is 15.1 Å². The van der Waals surface area contributed by atoms with E-state index < -0.39 is 5.97 Å². The molecular formula is C13H19N3O3. The summed E-state index contributed by atoms with van der Waals surface area (Å²) < 4.78 is 1.71. The molecule has 104 valence electrons. The molecule has 2 N–H and O–H groups in total. The third kappa shape index (κ3) is 3.81. The maximum Gasteiger partial charge on any atom is 0.306 e. The van der Waals surface area contributed by atoms with Crippen molar-refractivity contribution in [2.75, 3.05) is 0 Å². The van der Waals surface area contributed by atoms with Gasteiger partial charge < -0.3 is 10.4 Å². The molecule has 1 aliphatic carbocycles. The van der Waals surface area contributed by atoms with Crippen LogP contribution in [0.2, 0.25) is 0 Å². The van der Waals surface area contributed by atoms with Crippen molar-refractivity contribution < 1.29 is 14.7 Å². The summed E-state index contributed by atoms with van der Waals surface area (Å²) in [4.78, 5) is 22.6. The van der Waals surface area contributed by atoms with E-state index in [0.717, 1.165) is 12.0 Å². The molecular weight excluding hydrogens is 246 g/mol. The number of nitrogens with one attached hydrogen (secondary N) is 1. The zero-order valence-electron chi connectivity index (χ0n) is 11.0. The lowest BCUT2D eigenvalue weighted by molar-refractivity contribution is -0.141. The Labute approximate surface area is 111 Å². The van der Waals surface area contributed by atoms with Gasteiger partial charge in [-0.05, 0) is 31.2 Å². The lowest BCUT2D eigenvalue weighted by atomic mass is 10.1. The van der Waals surface area contributed by atoms with Crippen LogP contribution in [0.5, 0.6) is 0 Å². The molecule has 1 aliphatic rings. The highest BCUT2D eigenvalue weighted by Crippen LogP contribution is 2.25. The van der Waals surface area contributed by atoms with Gasteiger partial charge in [0.1, 0.15) is 0 Å². The molecule has 6 nitrogen and oxygen atoms in total. The van der Waals surface area contributed by atoms with Gasteiger partial charge in [0.2, 0.25) is 5.91 Å². The predicted octanol–water partition coefficient (Wildman–Crippen LogP) is 0.722. The van der Waals surface area contributed by atoms with E-state index in [1.807, 2.05) is 13.2 Å².